The van der Waals surface area contributed by atoms with E-state index in [4.69, 9.17) is 0 Å². The summed E-state index contributed by atoms with van der Waals surface area (Å²) in [5, 5.41) is 9.70. The van der Waals surface area contributed by atoms with Crippen LogP contribution in [0.4, 0.5) is 4.39 Å². The molecule has 0 aliphatic carbocycles. The molecule has 1 fully saturated rings. The molecule has 9 nitrogen and oxygen atoms in total. The predicted molar refractivity (Wildman–Crippen MR) is 152 cm³/mol. The fourth-order valence-electron chi connectivity index (χ4n) is 5.32. The van der Waals surface area contributed by atoms with Gasteiger partial charge >= 0.3 is 0 Å². The number of nitrogens with zero attached hydrogens (tertiary/aromatic N) is 7. The van der Waals surface area contributed by atoms with Crippen LogP contribution in [-0.4, -0.2) is 72.3 Å². The van der Waals surface area contributed by atoms with Crippen molar-refractivity contribution in [2.75, 3.05) is 26.2 Å². The third-order valence-corrected chi connectivity index (χ3v) is 7.48. The molecule has 0 unspecified atom stereocenters. The SMILES string of the molecule is O=C(CCc1cn(Cc2cn(Cc3ccc(F)cc3)nn2)c2ccccc12)N1CCN(C(=O)c2cccnc2)CC1. The molecule has 10 heteroatoms. The van der Waals surface area contributed by atoms with Crippen LogP contribution in [0.2, 0.25) is 0 Å². The first-order valence-electron chi connectivity index (χ1n) is 13.7. The first-order chi connectivity index (χ1) is 20.0. The van der Waals surface area contributed by atoms with E-state index in [0.29, 0.717) is 57.7 Å². The molecule has 0 spiro atoms. The highest BCUT2D eigenvalue weighted by Gasteiger charge is 2.25. The van der Waals surface area contributed by atoms with Crippen LogP contribution in [0.15, 0.2) is 85.5 Å². The van der Waals surface area contributed by atoms with Crippen LogP contribution in [0.3, 0.4) is 0 Å². The smallest absolute Gasteiger partial charge is 0.255 e. The Balaban J connectivity index is 1.07. The minimum atomic E-state index is -0.263. The summed E-state index contributed by atoms with van der Waals surface area (Å²) < 4.78 is 17.1. The highest BCUT2D eigenvalue weighted by molar-refractivity contribution is 5.94. The van der Waals surface area contributed by atoms with Gasteiger partial charge in [-0.25, -0.2) is 9.07 Å². The number of aryl methyl sites for hydroxylation is 1. The number of amides is 2. The second-order valence-corrected chi connectivity index (χ2v) is 10.2. The van der Waals surface area contributed by atoms with Gasteiger partial charge in [0.25, 0.3) is 5.91 Å². The minimum absolute atomic E-state index is 0.0477. The lowest BCUT2D eigenvalue weighted by Crippen LogP contribution is -2.50. The zero-order chi connectivity index (χ0) is 28.2. The monoisotopic (exact) mass is 551 g/mol. The lowest BCUT2D eigenvalue weighted by Gasteiger charge is -2.34. The fourth-order valence-corrected chi connectivity index (χ4v) is 5.32. The van der Waals surface area contributed by atoms with E-state index in [1.54, 1.807) is 46.2 Å². The summed E-state index contributed by atoms with van der Waals surface area (Å²) in [6.07, 6.45) is 8.25. The Morgan fingerprint density at radius 1 is 0.854 bits per heavy atom. The Kier molecular flexibility index (Phi) is 7.53. The average molecular weight is 552 g/mol. The molecule has 0 bridgehead atoms. The maximum Gasteiger partial charge on any atom is 0.255 e. The van der Waals surface area contributed by atoms with E-state index in [2.05, 4.69) is 38.2 Å². The Morgan fingerprint density at radius 3 is 2.41 bits per heavy atom. The topological polar surface area (TPSA) is 89.2 Å². The van der Waals surface area contributed by atoms with E-state index in [9.17, 15) is 14.0 Å². The number of carbonyl (C=O) groups is 2. The number of para-hydroxylation sites is 1. The molecule has 2 aromatic carbocycles. The summed E-state index contributed by atoms with van der Waals surface area (Å²) in [7, 11) is 0. The maximum atomic E-state index is 13.2. The molecule has 2 amide bonds. The number of halogens is 1. The molecule has 5 aromatic rings. The maximum absolute atomic E-state index is 13.2. The summed E-state index contributed by atoms with van der Waals surface area (Å²) in [6, 6.07) is 18.1. The number of rotatable bonds is 8. The Bertz CT molecular complexity index is 1660. The number of hydrogen-bond donors (Lipinski definition) is 0. The summed E-state index contributed by atoms with van der Waals surface area (Å²) in [5.74, 6) is -0.214. The zero-order valence-electron chi connectivity index (χ0n) is 22.6. The lowest BCUT2D eigenvalue weighted by molar-refractivity contribution is -0.132. The molecular formula is C31H30FN7O2. The average Bonchev–Trinajstić information content (AvgIpc) is 3.61. The third-order valence-electron chi connectivity index (χ3n) is 7.48. The van der Waals surface area contributed by atoms with Gasteiger partial charge in [-0.3, -0.25) is 14.6 Å². The molecule has 41 heavy (non-hydrogen) atoms. The van der Waals surface area contributed by atoms with Gasteiger partial charge in [0.1, 0.15) is 11.5 Å². The quantitative estimate of drug-likeness (QED) is 0.293. The summed E-state index contributed by atoms with van der Waals surface area (Å²) >= 11 is 0. The van der Waals surface area contributed by atoms with Gasteiger partial charge in [0.05, 0.1) is 24.8 Å². The molecule has 1 aliphatic rings. The molecule has 4 heterocycles. The first-order valence-corrected chi connectivity index (χ1v) is 13.7. The van der Waals surface area contributed by atoms with Crippen LogP contribution < -0.4 is 0 Å². The van der Waals surface area contributed by atoms with Crippen molar-refractivity contribution in [3.63, 3.8) is 0 Å². The third kappa shape index (κ3) is 6.01. The number of hydrogen-bond acceptors (Lipinski definition) is 5. The molecule has 0 N–H and O–H groups in total. The Hall–Kier alpha value is -4.86. The summed E-state index contributed by atoms with van der Waals surface area (Å²) in [5.41, 5.74) is 4.51. The lowest BCUT2D eigenvalue weighted by atomic mass is 10.1. The van der Waals surface area contributed by atoms with Crippen molar-refractivity contribution >= 4 is 22.7 Å². The molecule has 0 atom stereocenters. The van der Waals surface area contributed by atoms with E-state index >= 15 is 0 Å². The van der Waals surface area contributed by atoms with E-state index in [1.165, 1.54) is 12.1 Å². The van der Waals surface area contributed by atoms with Gasteiger partial charge in [-0.2, -0.15) is 0 Å². The van der Waals surface area contributed by atoms with Gasteiger partial charge < -0.3 is 14.4 Å². The standard InChI is InChI=1S/C31H30FN7O2/c32-26-10-7-23(8-11-26)19-39-22-27(34-35-39)21-38-20-25(28-5-1-2-6-29(28)38)9-12-30(40)36-14-16-37(17-15-36)31(41)24-4-3-13-33-18-24/h1-8,10-11,13,18,20,22H,9,12,14-17,19,21H2. The number of piperazine rings is 1. The molecule has 6 rings (SSSR count). The Morgan fingerprint density at radius 2 is 1.63 bits per heavy atom. The van der Waals surface area contributed by atoms with Crippen molar-refractivity contribution in [1.29, 1.82) is 0 Å². The van der Waals surface area contributed by atoms with Crippen molar-refractivity contribution in [2.24, 2.45) is 0 Å². The molecular weight excluding hydrogens is 521 g/mol. The van der Waals surface area contributed by atoms with Crippen molar-refractivity contribution in [3.8, 4) is 0 Å². The fraction of sp³-hybridized carbons (Fsp3) is 0.258. The largest absolute Gasteiger partial charge is 0.341 e. The summed E-state index contributed by atoms with van der Waals surface area (Å²) in [4.78, 5) is 33.4. The number of benzene rings is 2. The van der Waals surface area contributed by atoms with Gasteiger partial charge in [-0.05, 0) is 47.9 Å². The molecule has 0 radical (unpaired) electrons. The van der Waals surface area contributed by atoms with Gasteiger partial charge in [0.2, 0.25) is 5.91 Å². The van der Waals surface area contributed by atoms with E-state index < -0.39 is 0 Å². The van der Waals surface area contributed by atoms with E-state index in [0.717, 1.165) is 27.7 Å². The van der Waals surface area contributed by atoms with Gasteiger partial charge in [-0.15, -0.1) is 5.10 Å². The van der Waals surface area contributed by atoms with Crippen LogP contribution >= 0.6 is 0 Å². The molecule has 208 valence electrons. The summed E-state index contributed by atoms with van der Waals surface area (Å²) in [6.45, 7) is 3.14. The zero-order valence-corrected chi connectivity index (χ0v) is 22.6. The van der Waals surface area contributed by atoms with Crippen LogP contribution in [0.5, 0.6) is 0 Å². The number of fused-ring (bicyclic) bond motifs is 1. The van der Waals surface area contributed by atoms with Gasteiger partial charge in [0.15, 0.2) is 0 Å². The van der Waals surface area contributed by atoms with E-state index in [-0.39, 0.29) is 17.6 Å². The molecule has 1 aliphatic heterocycles. The highest BCUT2D eigenvalue weighted by atomic mass is 19.1. The van der Waals surface area contributed by atoms with Crippen LogP contribution in [0, 0.1) is 5.82 Å². The molecule has 0 saturated carbocycles. The van der Waals surface area contributed by atoms with Crippen molar-refractivity contribution in [2.45, 2.75) is 25.9 Å². The van der Waals surface area contributed by atoms with Crippen molar-refractivity contribution in [1.82, 2.24) is 34.3 Å². The van der Waals surface area contributed by atoms with Crippen molar-refractivity contribution in [3.05, 3.63) is 114 Å². The van der Waals surface area contributed by atoms with Crippen LogP contribution in [-0.2, 0) is 24.3 Å². The second kappa shape index (κ2) is 11.7. The molecule has 3 aromatic heterocycles. The second-order valence-electron chi connectivity index (χ2n) is 10.2. The Labute approximate surface area is 236 Å². The van der Waals surface area contributed by atoms with Gasteiger partial charge in [-0.1, -0.05) is 35.5 Å². The highest BCUT2D eigenvalue weighted by Crippen LogP contribution is 2.24. The number of aromatic nitrogens is 5. The number of carbonyl (C=O) groups excluding carboxylic acids is 2. The number of pyridine rings is 1. The van der Waals surface area contributed by atoms with Crippen molar-refractivity contribution < 1.29 is 14.0 Å². The predicted octanol–water partition coefficient (Wildman–Crippen LogP) is 3.78. The van der Waals surface area contributed by atoms with E-state index in [1.807, 2.05) is 23.2 Å². The normalized spacial score (nSPS) is 13.6. The molecule has 1 saturated heterocycles. The minimum Gasteiger partial charge on any atom is -0.341 e. The van der Waals surface area contributed by atoms with Gasteiger partial charge in [0, 0.05) is 62.1 Å². The first kappa shape index (κ1) is 26.4. The van der Waals surface area contributed by atoms with Crippen LogP contribution in [0.25, 0.3) is 10.9 Å². The van der Waals surface area contributed by atoms with Crippen LogP contribution in [0.1, 0.15) is 33.6 Å².